The molecule has 0 bridgehead atoms. The first kappa shape index (κ1) is 27.5. The second-order valence-electron chi connectivity index (χ2n) is 12.4. The van der Waals surface area contributed by atoms with E-state index < -0.39 is 0 Å². The first-order chi connectivity index (χ1) is 19.2. The van der Waals surface area contributed by atoms with Crippen molar-refractivity contribution in [2.45, 2.75) is 89.4 Å². The first-order valence-electron chi connectivity index (χ1n) is 15.5. The van der Waals surface area contributed by atoms with Crippen LogP contribution in [0.5, 0.6) is 0 Å². The fourth-order valence-corrected chi connectivity index (χ4v) is 7.33. The number of hydrogen-bond acceptors (Lipinski definition) is 0. The molecule has 0 radical (unpaired) electrons. The largest absolute Gasteiger partial charge is 0.115 e. The summed E-state index contributed by atoms with van der Waals surface area (Å²) in [6.45, 7) is 4.72. The minimum Gasteiger partial charge on any atom is -0.115 e. The van der Waals surface area contributed by atoms with E-state index in [0.717, 1.165) is 30.2 Å². The standard InChI is InChI=1S/C39H46/c1-3-31-16-18-34(19-17-31)29-36-22-26-38(27-23-36)39(30(2)14-15-32-10-6-4-7-11-32)37-24-20-35(21-25-37)28-33-12-8-5-9-13-33/h1,4,6-7,10-11,16-21,24-25,33,36,38-39H,2,5,8-9,12-15,22-23,26-29H2. The summed E-state index contributed by atoms with van der Waals surface area (Å²) in [5, 5.41) is 0. The Morgan fingerprint density at radius 3 is 1.90 bits per heavy atom. The van der Waals surface area contributed by atoms with Gasteiger partial charge >= 0.3 is 0 Å². The molecule has 0 nitrogen and oxygen atoms in total. The SMILES string of the molecule is C#Cc1ccc(CC2CCC(C(C(=C)CCc3ccccc3)c3ccc(CC4CCCCC4)cc3)CC2)cc1. The Hall–Kier alpha value is -3.04. The lowest BCUT2D eigenvalue weighted by atomic mass is 9.69. The Balaban J connectivity index is 1.25. The van der Waals surface area contributed by atoms with Crippen LogP contribution in [0.4, 0.5) is 0 Å². The lowest BCUT2D eigenvalue weighted by Crippen LogP contribution is -2.23. The van der Waals surface area contributed by atoms with Crippen LogP contribution >= 0.6 is 0 Å². The molecule has 0 aromatic heterocycles. The molecule has 0 aliphatic heterocycles. The number of terminal acetylenes is 1. The zero-order valence-electron chi connectivity index (χ0n) is 23.8. The highest BCUT2D eigenvalue weighted by Gasteiger charge is 2.30. The van der Waals surface area contributed by atoms with Gasteiger partial charge in [-0.15, -0.1) is 6.42 Å². The minimum atomic E-state index is 0.466. The van der Waals surface area contributed by atoms with Gasteiger partial charge < -0.3 is 0 Å². The van der Waals surface area contributed by atoms with Crippen molar-refractivity contribution in [2.24, 2.45) is 17.8 Å². The van der Waals surface area contributed by atoms with E-state index >= 15 is 0 Å². The Kier molecular flexibility index (Phi) is 9.77. The van der Waals surface area contributed by atoms with Gasteiger partial charge in [-0.2, -0.15) is 0 Å². The summed E-state index contributed by atoms with van der Waals surface area (Å²) >= 11 is 0. The fourth-order valence-electron chi connectivity index (χ4n) is 7.33. The highest BCUT2D eigenvalue weighted by molar-refractivity contribution is 5.35. The van der Waals surface area contributed by atoms with E-state index in [1.165, 1.54) is 98.5 Å². The summed E-state index contributed by atoms with van der Waals surface area (Å²) in [5.74, 6) is 5.56. The molecule has 0 heterocycles. The smallest absolute Gasteiger partial charge is 0.0242 e. The summed E-state index contributed by atoms with van der Waals surface area (Å²) < 4.78 is 0. The van der Waals surface area contributed by atoms with Gasteiger partial charge in [0.25, 0.3) is 0 Å². The Bertz CT molecular complexity index is 1190. The molecule has 3 aromatic rings. The van der Waals surface area contributed by atoms with Gasteiger partial charge in [0.2, 0.25) is 0 Å². The zero-order chi connectivity index (χ0) is 26.9. The van der Waals surface area contributed by atoms with E-state index in [0.29, 0.717) is 11.8 Å². The molecule has 2 aliphatic rings. The summed E-state index contributed by atoms with van der Waals surface area (Å²) in [6, 6.07) is 29.3. The van der Waals surface area contributed by atoms with Crippen LogP contribution in [0.3, 0.4) is 0 Å². The minimum absolute atomic E-state index is 0.466. The van der Waals surface area contributed by atoms with E-state index in [9.17, 15) is 0 Å². The molecule has 2 saturated carbocycles. The molecular weight excluding hydrogens is 468 g/mol. The van der Waals surface area contributed by atoms with Crippen molar-refractivity contribution >= 4 is 0 Å². The second kappa shape index (κ2) is 13.8. The summed E-state index contributed by atoms with van der Waals surface area (Å²) in [4.78, 5) is 0. The van der Waals surface area contributed by atoms with E-state index in [1.54, 1.807) is 0 Å². The van der Waals surface area contributed by atoms with Crippen molar-refractivity contribution in [1.29, 1.82) is 0 Å². The summed E-state index contributed by atoms with van der Waals surface area (Å²) in [7, 11) is 0. The van der Waals surface area contributed by atoms with E-state index in [2.05, 4.69) is 84.8 Å². The molecular formula is C39H46. The van der Waals surface area contributed by atoms with Crippen LogP contribution in [-0.4, -0.2) is 0 Å². The Morgan fingerprint density at radius 1 is 0.692 bits per heavy atom. The van der Waals surface area contributed by atoms with Crippen LogP contribution in [0, 0.1) is 30.1 Å². The summed E-state index contributed by atoms with van der Waals surface area (Å²) in [5.41, 5.74) is 8.26. The van der Waals surface area contributed by atoms with Crippen molar-refractivity contribution in [3.8, 4) is 12.3 Å². The summed E-state index contributed by atoms with van der Waals surface area (Å²) in [6.07, 6.45) is 22.4. The number of aryl methyl sites for hydroxylation is 1. The predicted molar refractivity (Wildman–Crippen MR) is 167 cm³/mol. The fraction of sp³-hybridized carbons (Fsp3) is 0.436. The molecule has 0 amide bonds. The van der Waals surface area contributed by atoms with Crippen molar-refractivity contribution in [2.75, 3.05) is 0 Å². The molecule has 0 spiro atoms. The first-order valence-corrected chi connectivity index (χ1v) is 15.5. The molecule has 39 heavy (non-hydrogen) atoms. The predicted octanol–water partition coefficient (Wildman–Crippen LogP) is 10.1. The van der Waals surface area contributed by atoms with Gasteiger partial charge in [-0.25, -0.2) is 0 Å². The highest BCUT2D eigenvalue weighted by Crippen LogP contribution is 2.43. The maximum atomic E-state index is 5.55. The topological polar surface area (TPSA) is 0 Å². The molecule has 2 fully saturated rings. The molecule has 0 saturated heterocycles. The van der Waals surface area contributed by atoms with Gasteiger partial charge in [0.1, 0.15) is 0 Å². The zero-order valence-corrected chi connectivity index (χ0v) is 23.8. The number of rotatable bonds is 10. The lowest BCUT2D eigenvalue weighted by Gasteiger charge is -2.36. The third kappa shape index (κ3) is 7.76. The maximum absolute atomic E-state index is 5.55. The third-order valence-electron chi connectivity index (χ3n) is 9.61. The van der Waals surface area contributed by atoms with Gasteiger partial charge in [-0.05, 0) is 104 Å². The number of allylic oxidation sites excluding steroid dienone is 1. The second-order valence-corrected chi connectivity index (χ2v) is 12.4. The highest BCUT2D eigenvalue weighted by atomic mass is 14.3. The van der Waals surface area contributed by atoms with Gasteiger partial charge in [-0.3, -0.25) is 0 Å². The molecule has 1 unspecified atom stereocenters. The van der Waals surface area contributed by atoms with Crippen LogP contribution in [-0.2, 0) is 19.3 Å². The van der Waals surface area contributed by atoms with Gasteiger partial charge in [0, 0.05) is 11.5 Å². The quantitative estimate of drug-likeness (QED) is 0.186. The molecule has 2 aliphatic carbocycles. The Morgan fingerprint density at radius 2 is 1.28 bits per heavy atom. The number of hydrogen-bond donors (Lipinski definition) is 0. The van der Waals surface area contributed by atoms with Crippen LogP contribution in [0.15, 0.2) is 91.0 Å². The van der Waals surface area contributed by atoms with Crippen molar-refractivity contribution in [3.05, 3.63) is 119 Å². The molecule has 3 aromatic carbocycles. The van der Waals surface area contributed by atoms with Crippen molar-refractivity contribution in [1.82, 2.24) is 0 Å². The molecule has 5 rings (SSSR count). The third-order valence-corrected chi connectivity index (χ3v) is 9.61. The number of benzene rings is 3. The van der Waals surface area contributed by atoms with Crippen LogP contribution < -0.4 is 0 Å². The lowest BCUT2D eigenvalue weighted by molar-refractivity contribution is 0.252. The Labute approximate surface area is 238 Å². The van der Waals surface area contributed by atoms with Gasteiger partial charge in [0.15, 0.2) is 0 Å². The van der Waals surface area contributed by atoms with Crippen LogP contribution in [0.2, 0.25) is 0 Å². The van der Waals surface area contributed by atoms with E-state index in [-0.39, 0.29) is 0 Å². The van der Waals surface area contributed by atoms with Crippen molar-refractivity contribution < 1.29 is 0 Å². The normalized spacial score (nSPS) is 20.7. The van der Waals surface area contributed by atoms with Crippen LogP contribution in [0.1, 0.15) is 97.9 Å². The molecule has 0 N–H and O–H groups in total. The average molecular weight is 515 g/mol. The van der Waals surface area contributed by atoms with E-state index in [4.69, 9.17) is 13.0 Å². The van der Waals surface area contributed by atoms with Crippen molar-refractivity contribution in [3.63, 3.8) is 0 Å². The monoisotopic (exact) mass is 514 g/mol. The molecule has 0 heteroatoms. The van der Waals surface area contributed by atoms with Gasteiger partial charge in [0.05, 0.1) is 0 Å². The molecule has 1 atom stereocenters. The van der Waals surface area contributed by atoms with Crippen LogP contribution in [0.25, 0.3) is 0 Å². The molecule has 202 valence electrons. The van der Waals surface area contributed by atoms with E-state index in [1.807, 2.05) is 0 Å². The van der Waals surface area contributed by atoms with Gasteiger partial charge in [-0.1, -0.05) is 117 Å². The average Bonchev–Trinajstić information content (AvgIpc) is 2.99. The maximum Gasteiger partial charge on any atom is 0.0242 e.